The highest BCUT2D eigenvalue weighted by Gasteiger charge is 2.18. The second kappa shape index (κ2) is 4.44. The van der Waals surface area contributed by atoms with Gasteiger partial charge in [0, 0.05) is 24.2 Å². The second-order valence-electron chi connectivity index (χ2n) is 3.11. The van der Waals surface area contributed by atoms with Crippen LogP contribution in [0.2, 0.25) is 0 Å². The van der Waals surface area contributed by atoms with E-state index in [1.165, 1.54) is 18.5 Å². The number of nitrogens with zero attached hydrogens (tertiary/aromatic N) is 2. The van der Waals surface area contributed by atoms with E-state index in [4.69, 9.17) is 0 Å². The van der Waals surface area contributed by atoms with Crippen LogP contribution >= 0.6 is 0 Å². The lowest BCUT2D eigenvalue weighted by Gasteiger charge is -1.98. The average molecular weight is 212 g/mol. The van der Waals surface area contributed by atoms with Gasteiger partial charge in [0.15, 0.2) is 0 Å². The van der Waals surface area contributed by atoms with Crippen LogP contribution in [0.5, 0.6) is 0 Å². The predicted molar refractivity (Wildman–Crippen MR) is 57.1 cm³/mol. The Morgan fingerprint density at radius 1 is 0.938 bits per heavy atom. The van der Waals surface area contributed by atoms with Crippen molar-refractivity contribution < 1.29 is 9.59 Å². The molecule has 2 heterocycles. The summed E-state index contributed by atoms with van der Waals surface area (Å²) in [4.78, 5) is 31.0. The van der Waals surface area contributed by atoms with Crippen LogP contribution in [0.15, 0.2) is 48.9 Å². The molecule has 4 nitrogen and oxygen atoms in total. The summed E-state index contributed by atoms with van der Waals surface area (Å²) in [5.74, 6) is -1.21. The monoisotopic (exact) mass is 212 g/mol. The Balaban J connectivity index is 2.28. The van der Waals surface area contributed by atoms with Crippen molar-refractivity contribution in [3.05, 3.63) is 60.2 Å². The third-order valence-electron chi connectivity index (χ3n) is 2.03. The molecular formula is C12H8N2O2. The van der Waals surface area contributed by atoms with Gasteiger partial charge in [-0.25, -0.2) is 0 Å². The van der Waals surface area contributed by atoms with Gasteiger partial charge in [0.1, 0.15) is 5.69 Å². The molecule has 2 aromatic heterocycles. The summed E-state index contributed by atoms with van der Waals surface area (Å²) in [5, 5.41) is 0. The summed E-state index contributed by atoms with van der Waals surface area (Å²) in [6, 6.07) is 8.02. The third kappa shape index (κ3) is 2.00. The lowest BCUT2D eigenvalue weighted by Crippen LogP contribution is -2.15. The number of rotatable bonds is 3. The van der Waals surface area contributed by atoms with E-state index in [-0.39, 0.29) is 11.3 Å². The minimum absolute atomic E-state index is 0.149. The summed E-state index contributed by atoms with van der Waals surface area (Å²) >= 11 is 0. The summed E-state index contributed by atoms with van der Waals surface area (Å²) in [6.45, 7) is 0. The number of carbonyl (C=O) groups is 2. The smallest absolute Gasteiger partial charge is 0.251 e. The van der Waals surface area contributed by atoms with Crippen LogP contribution < -0.4 is 0 Å². The zero-order valence-electron chi connectivity index (χ0n) is 8.33. The number of pyridine rings is 2. The van der Waals surface area contributed by atoms with Gasteiger partial charge in [0.25, 0.3) is 5.78 Å². The molecule has 2 rings (SSSR count). The number of carbonyl (C=O) groups excluding carboxylic acids is 2. The van der Waals surface area contributed by atoms with E-state index in [1.807, 2.05) is 0 Å². The van der Waals surface area contributed by atoms with Gasteiger partial charge >= 0.3 is 0 Å². The molecule has 78 valence electrons. The third-order valence-corrected chi connectivity index (χ3v) is 2.03. The first-order valence-electron chi connectivity index (χ1n) is 4.69. The van der Waals surface area contributed by atoms with Crippen LogP contribution in [0.1, 0.15) is 20.8 Å². The molecule has 0 amide bonds. The molecule has 0 unspecified atom stereocenters. The molecule has 16 heavy (non-hydrogen) atoms. The highest BCUT2D eigenvalue weighted by Crippen LogP contribution is 2.04. The van der Waals surface area contributed by atoms with Gasteiger partial charge in [-0.1, -0.05) is 6.07 Å². The van der Waals surface area contributed by atoms with E-state index < -0.39 is 11.6 Å². The van der Waals surface area contributed by atoms with E-state index in [2.05, 4.69) is 9.97 Å². The van der Waals surface area contributed by atoms with Crippen molar-refractivity contribution in [3.8, 4) is 0 Å². The van der Waals surface area contributed by atoms with Gasteiger partial charge in [-0.3, -0.25) is 19.6 Å². The summed E-state index contributed by atoms with van der Waals surface area (Å²) in [6.07, 6.45) is 4.38. The van der Waals surface area contributed by atoms with Crippen LogP contribution in [0, 0.1) is 0 Å². The molecule has 0 aliphatic heterocycles. The minimum atomic E-state index is -0.617. The molecule has 4 heteroatoms. The molecule has 0 bridgehead atoms. The van der Waals surface area contributed by atoms with Crippen LogP contribution in [0.3, 0.4) is 0 Å². The molecular weight excluding hydrogens is 204 g/mol. The number of hydrogen-bond donors (Lipinski definition) is 0. The highest BCUT2D eigenvalue weighted by atomic mass is 16.2. The Hall–Kier alpha value is -2.36. The molecule has 0 saturated carbocycles. The predicted octanol–water partition coefficient (Wildman–Crippen LogP) is 1.54. The minimum Gasteiger partial charge on any atom is -0.285 e. The molecule has 0 radical (unpaired) electrons. The zero-order chi connectivity index (χ0) is 11.4. The fraction of sp³-hybridized carbons (Fsp3) is 0. The van der Waals surface area contributed by atoms with Crippen molar-refractivity contribution in [1.82, 2.24) is 9.97 Å². The van der Waals surface area contributed by atoms with Crippen molar-refractivity contribution >= 4 is 11.6 Å². The van der Waals surface area contributed by atoms with Crippen molar-refractivity contribution in [2.45, 2.75) is 0 Å². The quantitative estimate of drug-likeness (QED) is 0.572. The van der Waals surface area contributed by atoms with Crippen molar-refractivity contribution in [1.29, 1.82) is 0 Å². The first-order valence-corrected chi connectivity index (χ1v) is 4.69. The first kappa shape index (κ1) is 10.2. The van der Waals surface area contributed by atoms with E-state index in [9.17, 15) is 9.59 Å². The van der Waals surface area contributed by atoms with E-state index >= 15 is 0 Å². The molecule has 0 spiro atoms. The number of Topliss-reactive ketones (excluding diaryl/α,β-unsaturated/α-hetero) is 2. The van der Waals surface area contributed by atoms with Crippen molar-refractivity contribution in [2.75, 3.05) is 0 Å². The Bertz CT molecular complexity index is 460. The molecule has 2 aromatic rings. The topological polar surface area (TPSA) is 59.9 Å². The lowest BCUT2D eigenvalue weighted by molar-refractivity contribution is 0.0814. The summed E-state index contributed by atoms with van der Waals surface area (Å²) < 4.78 is 0. The SMILES string of the molecule is O=C(C(=O)c1ccccn1)c1cccnc1. The largest absolute Gasteiger partial charge is 0.285 e. The van der Waals surface area contributed by atoms with Crippen LogP contribution in [-0.4, -0.2) is 21.5 Å². The second-order valence-corrected chi connectivity index (χ2v) is 3.11. The van der Waals surface area contributed by atoms with E-state index in [1.54, 1.807) is 30.5 Å². The number of hydrogen-bond acceptors (Lipinski definition) is 4. The van der Waals surface area contributed by atoms with Gasteiger partial charge in [-0.15, -0.1) is 0 Å². The number of aromatic nitrogens is 2. The van der Waals surface area contributed by atoms with Crippen LogP contribution in [0.25, 0.3) is 0 Å². The Morgan fingerprint density at radius 2 is 1.81 bits per heavy atom. The molecule has 0 aromatic carbocycles. The number of ketones is 2. The summed E-state index contributed by atoms with van der Waals surface area (Å²) in [7, 11) is 0. The maximum absolute atomic E-state index is 11.7. The first-order chi connectivity index (χ1) is 7.79. The van der Waals surface area contributed by atoms with Gasteiger partial charge in [-0.05, 0) is 24.3 Å². The van der Waals surface area contributed by atoms with Gasteiger partial charge in [-0.2, -0.15) is 0 Å². The van der Waals surface area contributed by atoms with Gasteiger partial charge in [0.2, 0.25) is 5.78 Å². The molecule has 0 atom stereocenters. The molecule has 0 aliphatic rings. The molecule has 0 aliphatic carbocycles. The van der Waals surface area contributed by atoms with Gasteiger partial charge < -0.3 is 0 Å². The van der Waals surface area contributed by atoms with Crippen molar-refractivity contribution in [2.24, 2.45) is 0 Å². The van der Waals surface area contributed by atoms with Gasteiger partial charge in [0.05, 0.1) is 0 Å². The van der Waals surface area contributed by atoms with Crippen LogP contribution in [0.4, 0.5) is 0 Å². The molecule has 0 N–H and O–H groups in total. The van der Waals surface area contributed by atoms with E-state index in [0.29, 0.717) is 0 Å². The highest BCUT2D eigenvalue weighted by molar-refractivity contribution is 6.48. The Labute approximate surface area is 92.0 Å². The maximum Gasteiger partial charge on any atom is 0.251 e. The average Bonchev–Trinajstić information content (AvgIpc) is 2.39. The Morgan fingerprint density at radius 3 is 2.44 bits per heavy atom. The van der Waals surface area contributed by atoms with E-state index in [0.717, 1.165) is 0 Å². The Kier molecular flexibility index (Phi) is 2.82. The zero-order valence-corrected chi connectivity index (χ0v) is 8.33. The van der Waals surface area contributed by atoms with Crippen LogP contribution in [-0.2, 0) is 0 Å². The summed E-state index contributed by atoms with van der Waals surface area (Å²) in [5.41, 5.74) is 0.425. The van der Waals surface area contributed by atoms with Crippen molar-refractivity contribution in [3.63, 3.8) is 0 Å². The molecule has 0 saturated heterocycles. The standard InChI is InChI=1S/C12H8N2O2/c15-11(9-4-3-6-13-8-9)12(16)10-5-1-2-7-14-10/h1-8H. The fourth-order valence-corrected chi connectivity index (χ4v) is 1.24. The molecule has 0 fully saturated rings. The normalized spacial score (nSPS) is 9.75. The lowest BCUT2D eigenvalue weighted by atomic mass is 10.1. The fourth-order valence-electron chi connectivity index (χ4n) is 1.24. The maximum atomic E-state index is 11.7.